The Bertz CT molecular complexity index is 823. The van der Waals surface area contributed by atoms with Crippen molar-refractivity contribution >= 4 is 22.0 Å². The van der Waals surface area contributed by atoms with E-state index in [1.165, 1.54) is 56.7 Å². The Labute approximate surface area is 161 Å². The highest BCUT2D eigenvalue weighted by Crippen LogP contribution is 2.61. The first-order valence-corrected chi connectivity index (χ1v) is 11.4. The molecule has 0 saturated heterocycles. The normalized spacial score (nSPS) is 33.3. The molecule has 4 saturated carbocycles. The van der Waals surface area contributed by atoms with Gasteiger partial charge in [-0.1, -0.05) is 12.1 Å². The van der Waals surface area contributed by atoms with Crippen LogP contribution in [0, 0.1) is 23.2 Å². The molecule has 0 radical (unpaired) electrons. The number of hydrogen-bond acceptors (Lipinski definition) is 3. The Morgan fingerprint density at radius 2 is 1.63 bits per heavy atom. The second-order valence-corrected chi connectivity index (χ2v) is 10.5. The SMILES string of the molecule is CC(NC(=O)C=Cc1ccc(S(N)(=O)=O)cc1)C12CC3CC(CC(C3)C1)C2. The highest BCUT2D eigenvalue weighted by molar-refractivity contribution is 7.89. The van der Waals surface area contributed by atoms with Crippen LogP contribution in [0.5, 0.6) is 0 Å². The van der Waals surface area contributed by atoms with Gasteiger partial charge >= 0.3 is 0 Å². The van der Waals surface area contributed by atoms with E-state index in [-0.39, 0.29) is 22.3 Å². The zero-order chi connectivity index (χ0) is 19.2. The van der Waals surface area contributed by atoms with Crippen LogP contribution < -0.4 is 10.5 Å². The summed E-state index contributed by atoms with van der Waals surface area (Å²) in [6.07, 6.45) is 11.2. The third-order valence-corrected chi connectivity index (χ3v) is 7.93. The standard InChI is InChI=1S/C21H28N2O3S/c1-14(21-11-16-8-17(12-21)10-18(9-16)13-21)23-20(24)7-4-15-2-5-19(6-3-15)27(22,25)26/h2-7,14,16-18H,8-13H2,1H3,(H,23,24)(H2,22,25,26). The third-order valence-electron chi connectivity index (χ3n) is 7.00. The maximum atomic E-state index is 12.4. The highest BCUT2D eigenvalue weighted by Gasteiger charge is 2.53. The van der Waals surface area contributed by atoms with E-state index in [0.717, 1.165) is 23.3 Å². The van der Waals surface area contributed by atoms with Crippen molar-refractivity contribution in [3.63, 3.8) is 0 Å². The molecule has 1 aromatic carbocycles. The van der Waals surface area contributed by atoms with E-state index >= 15 is 0 Å². The number of nitrogens with one attached hydrogen (secondary N) is 1. The quantitative estimate of drug-likeness (QED) is 0.760. The number of primary sulfonamides is 1. The highest BCUT2D eigenvalue weighted by atomic mass is 32.2. The van der Waals surface area contributed by atoms with Crippen molar-refractivity contribution in [2.24, 2.45) is 28.3 Å². The van der Waals surface area contributed by atoms with Crippen molar-refractivity contribution in [1.82, 2.24) is 5.32 Å². The van der Waals surface area contributed by atoms with Crippen molar-refractivity contribution in [3.05, 3.63) is 35.9 Å². The lowest BCUT2D eigenvalue weighted by atomic mass is 9.48. The molecule has 4 aliphatic carbocycles. The van der Waals surface area contributed by atoms with Crippen LogP contribution in [0.15, 0.2) is 35.2 Å². The van der Waals surface area contributed by atoms with Gasteiger partial charge in [0.2, 0.25) is 15.9 Å². The Balaban J connectivity index is 1.38. The van der Waals surface area contributed by atoms with Crippen LogP contribution >= 0.6 is 0 Å². The molecule has 0 aromatic heterocycles. The Hall–Kier alpha value is -1.66. The minimum atomic E-state index is -3.69. The molecule has 27 heavy (non-hydrogen) atoms. The van der Waals surface area contributed by atoms with Gasteiger partial charge in [0.25, 0.3) is 0 Å². The number of nitrogens with two attached hydrogens (primary N) is 1. The number of carbonyl (C=O) groups is 1. The molecule has 4 aliphatic rings. The molecule has 6 heteroatoms. The van der Waals surface area contributed by atoms with Crippen LogP contribution in [0.25, 0.3) is 6.08 Å². The van der Waals surface area contributed by atoms with Gasteiger partial charge in [0.1, 0.15) is 0 Å². The van der Waals surface area contributed by atoms with Crippen LogP contribution in [-0.4, -0.2) is 20.4 Å². The molecule has 1 unspecified atom stereocenters. The zero-order valence-corrected chi connectivity index (χ0v) is 16.5. The van der Waals surface area contributed by atoms with Gasteiger partial charge < -0.3 is 5.32 Å². The predicted molar refractivity (Wildman–Crippen MR) is 105 cm³/mol. The smallest absolute Gasteiger partial charge is 0.244 e. The zero-order valence-electron chi connectivity index (χ0n) is 15.7. The van der Waals surface area contributed by atoms with E-state index in [9.17, 15) is 13.2 Å². The molecule has 1 atom stereocenters. The lowest BCUT2D eigenvalue weighted by Gasteiger charge is -2.59. The molecule has 5 nitrogen and oxygen atoms in total. The van der Waals surface area contributed by atoms with E-state index in [4.69, 9.17) is 5.14 Å². The fraction of sp³-hybridized carbons (Fsp3) is 0.571. The first kappa shape index (κ1) is 18.7. The van der Waals surface area contributed by atoms with Crippen molar-refractivity contribution in [3.8, 4) is 0 Å². The van der Waals surface area contributed by atoms with Crippen LogP contribution in [0.4, 0.5) is 0 Å². The average molecular weight is 389 g/mol. The lowest BCUT2D eigenvalue weighted by molar-refractivity contribution is -0.121. The van der Waals surface area contributed by atoms with Crippen molar-refractivity contribution in [1.29, 1.82) is 0 Å². The Kier molecular flexibility index (Phi) is 4.67. The van der Waals surface area contributed by atoms with E-state index in [1.807, 2.05) is 0 Å². The number of carbonyl (C=O) groups excluding carboxylic acids is 1. The summed E-state index contributed by atoms with van der Waals surface area (Å²) in [5, 5.41) is 8.30. The maximum absolute atomic E-state index is 12.4. The Morgan fingerprint density at radius 3 is 2.11 bits per heavy atom. The van der Waals surface area contributed by atoms with Gasteiger partial charge in [0.15, 0.2) is 0 Å². The molecule has 0 spiro atoms. The fourth-order valence-electron chi connectivity index (χ4n) is 6.06. The Morgan fingerprint density at radius 1 is 1.11 bits per heavy atom. The van der Waals surface area contributed by atoms with E-state index < -0.39 is 10.0 Å². The average Bonchev–Trinajstić information content (AvgIpc) is 2.58. The van der Waals surface area contributed by atoms with Gasteiger partial charge in [-0.15, -0.1) is 0 Å². The monoisotopic (exact) mass is 388 g/mol. The summed E-state index contributed by atoms with van der Waals surface area (Å²) in [7, 11) is -3.69. The number of benzene rings is 1. The van der Waals surface area contributed by atoms with Crippen molar-refractivity contribution in [2.75, 3.05) is 0 Å². The molecular formula is C21H28N2O3S. The van der Waals surface area contributed by atoms with Crippen LogP contribution in [0.2, 0.25) is 0 Å². The molecular weight excluding hydrogens is 360 g/mol. The molecule has 4 bridgehead atoms. The van der Waals surface area contributed by atoms with Gasteiger partial charge in [0.05, 0.1) is 4.90 Å². The first-order chi connectivity index (χ1) is 12.7. The second kappa shape index (κ2) is 6.74. The lowest BCUT2D eigenvalue weighted by Crippen LogP contribution is -2.55. The third kappa shape index (κ3) is 3.83. The predicted octanol–water partition coefficient (Wildman–Crippen LogP) is 3.07. The first-order valence-electron chi connectivity index (χ1n) is 9.85. The van der Waals surface area contributed by atoms with Gasteiger partial charge in [0, 0.05) is 12.1 Å². The van der Waals surface area contributed by atoms with Gasteiger partial charge in [-0.3, -0.25) is 4.79 Å². The van der Waals surface area contributed by atoms with Crippen LogP contribution in [0.3, 0.4) is 0 Å². The summed E-state index contributed by atoms with van der Waals surface area (Å²) in [6.45, 7) is 2.17. The van der Waals surface area contributed by atoms with Gasteiger partial charge in [-0.2, -0.15) is 0 Å². The number of sulfonamides is 1. The van der Waals surface area contributed by atoms with Crippen molar-refractivity contribution in [2.45, 2.75) is 56.4 Å². The number of hydrogen-bond donors (Lipinski definition) is 2. The minimum absolute atomic E-state index is 0.0690. The van der Waals surface area contributed by atoms with Gasteiger partial charge in [-0.05, 0) is 92.4 Å². The largest absolute Gasteiger partial charge is 0.350 e. The summed E-state index contributed by atoms with van der Waals surface area (Å²) in [5.41, 5.74) is 1.05. The minimum Gasteiger partial charge on any atom is -0.350 e. The topological polar surface area (TPSA) is 89.3 Å². The molecule has 146 valence electrons. The molecule has 4 fully saturated rings. The number of rotatable bonds is 5. The molecule has 1 aromatic rings. The maximum Gasteiger partial charge on any atom is 0.244 e. The van der Waals surface area contributed by atoms with E-state index in [1.54, 1.807) is 18.2 Å². The van der Waals surface area contributed by atoms with E-state index in [0.29, 0.717) is 0 Å². The summed E-state index contributed by atoms with van der Waals surface area (Å²) < 4.78 is 22.6. The van der Waals surface area contributed by atoms with Crippen LogP contribution in [-0.2, 0) is 14.8 Å². The van der Waals surface area contributed by atoms with Gasteiger partial charge in [-0.25, -0.2) is 13.6 Å². The molecule has 0 aliphatic heterocycles. The summed E-state index contributed by atoms with van der Waals surface area (Å²) in [6, 6.07) is 6.38. The number of amides is 1. The van der Waals surface area contributed by atoms with E-state index in [2.05, 4.69) is 12.2 Å². The molecule has 5 rings (SSSR count). The summed E-state index contributed by atoms with van der Waals surface area (Å²) in [4.78, 5) is 12.5. The molecule has 1 amide bonds. The second-order valence-electron chi connectivity index (χ2n) is 8.96. The summed E-state index contributed by atoms with van der Waals surface area (Å²) in [5.74, 6) is 2.50. The fourth-order valence-corrected chi connectivity index (χ4v) is 6.58. The van der Waals surface area contributed by atoms with Crippen LogP contribution in [0.1, 0.15) is 51.0 Å². The summed E-state index contributed by atoms with van der Waals surface area (Å²) >= 11 is 0. The molecule has 3 N–H and O–H groups in total. The van der Waals surface area contributed by atoms with Crippen molar-refractivity contribution < 1.29 is 13.2 Å². The molecule has 0 heterocycles.